The van der Waals surface area contributed by atoms with Crippen molar-refractivity contribution in [1.29, 1.82) is 0 Å². The molecular weight excluding hydrogens is 208 g/mol. The van der Waals surface area contributed by atoms with Crippen molar-refractivity contribution in [3.63, 3.8) is 0 Å². The molecule has 0 aromatic heterocycles. The Labute approximate surface area is 67.5 Å². The van der Waals surface area contributed by atoms with Crippen molar-refractivity contribution in [3.05, 3.63) is 0 Å². The fraction of sp³-hybridized carbons (Fsp3) is 0.750. The van der Waals surface area contributed by atoms with Crippen LogP contribution < -0.4 is 0 Å². The summed E-state index contributed by atoms with van der Waals surface area (Å²) in [6.07, 6.45) is -11.5. The maximum atomic E-state index is 11.5. The van der Waals surface area contributed by atoms with Crippen LogP contribution in [0.15, 0.2) is 0 Å². The predicted molar refractivity (Wildman–Crippen MR) is 26.5 cm³/mol. The number of nitrogens with zero attached hydrogens (tertiary/aromatic N) is 1. The molecule has 0 aromatic rings. The molecule has 9 heteroatoms. The Hall–Kier alpha value is -0.990. The van der Waals surface area contributed by atoms with Gasteiger partial charge in [-0.3, -0.25) is 4.79 Å². The van der Waals surface area contributed by atoms with Gasteiger partial charge in [0.15, 0.2) is 0 Å². The number of aliphatic carboxylic acids is 1. The highest BCUT2D eigenvalue weighted by atomic mass is 19.4. The molecule has 0 atom stereocenters. The van der Waals surface area contributed by atoms with E-state index in [-0.39, 0.29) is 0 Å². The number of carboxylic acids is 1. The molecule has 0 unspecified atom stereocenters. The molecule has 0 saturated heterocycles. The Balaban J connectivity index is 4.68. The molecule has 0 aliphatic rings. The van der Waals surface area contributed by atoms with E-state index in [1.807, 2.05) is 0 Å². The van der Waals surface area contributed by atoms with Crippen LogP contribution >= 0.6 is 0 Å². The highest BCUT2D eigenvalue weighted by Crippen LogP contribution is 2.32. The second-order valence-electron chi connectivity index (χ2n) is 1.92. The van der Waals surface area contributed by atoms with E-state index in [2.05, 4.69) is 0 Å². The largest absolute Gasteiger partial charge is 0.480 e. The molecule has 0 aromatic carbocycles. The van der Waals surface area contributed by atoms with Crippen LogP contribution in [0.5, 0.6) is 0 Å². The maximum Gasteiger partial charge on any atom is 0.467 e. The van der Waals surface area contributed by atoms with E-state index >= 15 is 0 Å². The Morgan fingerprint density at radius 1 is 1.08 bits per heavy atom. The Morgan fingerprint density at radius 2 is 1.38 bits per heavy atom. The lowest BCUT2D eigenvalue weighted by Crippen LogP contribution is -2.50. The molecule has 78 valence electrons. The van der Waals surface area contributed by atoms with Crippen LogP contribution in [-0.2, 0) is 4.79 Å². The van der Waals surface area contributed by atoms with Gasteiger partial charge < -0.3 is 5.11 Å². The molecule has 0 aliphatic heterocycles. The van der Waals surface area contributed by atoms with Crippen molar-refractivity contribution >= 4 is 5.97 Å². The molecule has 0 aliphatic carbocycles. The van der Waals surface area contributed by atoms with Crippen LogP contribution in [0.1, 0.15) is 0 Å². The zero-order chi connectivity index (χ0) is 10.9. The van der Waals surface area contributed by atoms with Gasteiger partial charge >= 0.3 is 18.6 Å². The third kappa shape index (κ3) is 3.97. The quantitative estimate of drug-likeness (QED) is 0.554. The molecule has 13 heavy (non-hydrogen) atoms. The lowest BCUT2D eigenvalue weighted by molar-refractivity contribution is -0.370. The van der Waals surface area contributed by atoms with E-state index in [1.165, 1.54) is 0 Å². The van der Waals surface area contributed by atoms with Crippen molar-refractivity contribution in [2.24, 2.45) is 0 Å². The van der Waals surface area contributed by atoms with Crippen LogP contribution in [0.2, 0.25) is 0 Å². The lowest BCUT2D eigenvalue weighted by atomic mass is 10.6. The number of hydrogen-bond acceptors (Lipinski definition) is 2. The summed E-state index contributed by atoms with van der Waals surface area (Å²) < 4.78 is 69.1. The van der Waals surface area contributed by atoms with Gasteiger partial charge in [-0.25, -0.2) is 0 Å². The van der Waals surface area contributed by atoms with Crippen LogP contribution in [0.25, 0.3) is 0 Å². The number of alkyl halides is 6. The number of carboxylic acid groups (broad SMARTS) is 1. The first-order chi connectivity index (χ1) is 5.55. The highest BCUT2D eigenvalue weighted by Gasteiger charge is 2.54. The summed E-state index contributed by atoms with van der Waals surface area (Å²) in [5.41, 5.74) is 0. The van der Waals surface area contributed by atoms with E-state index < -0.39 is 30.0 Å². The average Bonchev–Trinajstić information content (AvgIpc) is 1.77. The highest BCUT2D eigenvalue weighted by molar-refractivity contribution is 5.69. The minimum Gasteiger partial charge on any atom is -0.480 e. The molecule has 0 heterocycles. The first-order valence-corrected chi connectivity index (χ1v) is 2.68. The average molecular weight is 211 g/mol. The van der Waals surface area contributed by atoms with Gasteiger partial charge in [0.1, 0.15) is 6.54 Å². The summed E-state index contributed by atoms with van der Waals surface area (Å²) >= 11 is 0. The van der Waals surface area contributed by atoms with Crippen molar-refractivity contribution in [2.45, 2.75) is 12.6 Å². The summed E-state index contributed by atoms with van der Waals surface area (Å²) in [6, 6.07) is 0. The monoisotopic (exact) mass is 211 g/mol. The lowest BCUT2D eigenvalue weighted by Gasteiger charge is -2.24. The van der Waals surface area contributed by atoms with Gasteiger partial charge in [-0.05, 0) is 0 Å². The molecule has 3 nitrogen and oxygen atoms in total. The first-order valence-electron chi connectivity index (χ1n) is 2.68. The smallest absolute Gasteiger partial charge is 0.467 e. The molecule has 0 fully saturated rings. The Bertz CT molecular complexity index is 182. The van der Waals surface area contributed by atoms with Gasteiger partial charge in [0.2, 0.25) is 0 Å². The van der Waals surface area contributed by atoms with Crippen molar-refractivity contribution in [1.82, 2.24) is 4.90 Å². The zero-order valence-electron chi connectivity index (χ0n) is 5.78. The fourth-order valence-corrected chi connectivity index (χ4v) is 0.458. The molecule has 0 amide bonds. The van der Waals surface area contributed by atoms with Crippen molar-refractivity contribution < 1.29 is 36.2 Å². The molecule has 0 radical (unpaired) electrons. The second-order valence-corrected chi connectivity index (χ2v) is 1.92. The van der Waals surface area contributed by atoms with E-state index in [0.29, 0.717) is 0 Å². The first kappa shape index (κ1) is 12.0. The minimum atomic E-state index is -5.74. The van der Waals surface area contributed by atoms with Gasteiger partial charge in [-0.15, -0.1) is 4.90 Å². The van der Waals surface area contributed by atoms with Crippen LogP contribution in [0, 0.1) is 0 Å². The summed E-state index contributed by atoms with van der Waals surface area (Å²) in [7, 11) is 0. The second kappa shape index (κ2) is 3.40. The number of hydrogen-bond donors (Lipinski definition) is 1. The van der Waals surface area contributed by atoms with Gasteiger partial charge in [0.05, 0.1) is 0 Å². The SMILES string of the molecule is O=C(O)CN(C(F)(F)F)C(F)(F)F. The molecule has 0 bridgehead atoms. The van der Waals surface area contributed by atoms with Crippen molar-refractivity contribution in [3.8, 4) is 0 Å². The van der Waals surface area contributed by atoms with Crippen LogP contribution in [0.4, 0.5) is 26.3 Å². The van der Waals surface area contributed by atoms with E-state index in [4.69, 9.17) is 5.11 Å². The number of carbonyl (C=O) groups is 1. The van der Waals surface area contributed by atoms with Gasteiger partial charge in [-0.1, -0.05) is 0 Å². The maximum absolute atomic E-state index is 11.5. The molecule has 1 N–H and O–H groups in total. The normalized spacial score (nSPS) is 13.5. The zero-order valence-corrected chi connectivity index (χ0v) is 5.78. The minimum absolute atomic E-state index is 2.03. The third-order valence-electron chi connectivity index (χ3n) is 0.905. The Kier molecular flexibility index (Phi) is 3.14. The number of rotatable bonds is 2. The topological polar surface area (TPSA) is 40.5 Å². The third-order valence-corrected chi connectivity index (χ3v) is 0.905. The molecular formula is C4H3F6NO2. The van der Waals surface area contributed by atoms with E-state index in [9.17, 15) is 31.1 Å². The molecule has 0 spiro atoms. The molecule has 0 saturated carbocycles. The van der Waals surface area contributed by atoms with Crippen LogP contribution in [0.3, 0.4) is 0 Å². The van der Waals surface area contributed by atoms with Gasteiger partial charge in [-0.2, -0.15) is 26.3 Å². The van der Waals surface area contributed by atoms with E-state index in [1.54, 1.807) is 0 Å². The van der Waals surface area contributed by atoms with Crippen molar-refractivity contribution in [2.75, 3.05) is 6.54 Å². The summed E-state index contributed by atoms with van der Waals surface area (Å²) in [5, 5.41) is 7.77. The summed E-state index contributed by atoms with van der Waals surface area (Å²) in [5.74, 6) is -2.21. The van der Waals surface area contributed by atoms with E-state index in [0.717, 1.165) is 0 Å². The standard InChI is InChI=1S/C4H3F6NO2/c5-3(6,7)11(1-2(12)13)4(8,9)10/h1H2,(H,12,13). The van der Waals surface area contributed by atoms with Gasteiger partial charge in [0, 0.05) is 0 Å². The molecule has 0 rings (SSSR count). The predicted octanol–water partition coefficient (Wildman–Crippen LogP) is 1.41. The van der Waals surface area contributed by atoms with Gasteiger partial charge in [0.25, 0.3) is 0 Å². The fourth-order valence-electron chi connectivity index (χ4n) is 0.458. The van der Waals surface area contributed by atoms with Crippen LogP contribution in [-0.4, -0.2) is 35.1 Å². The number of halogens is 6. The Morgan fingerprint density at radius 3 is 1.46 bits per heavy atom. The summed E-state index contributed by atoms with van der Waals surface area (Å²) in [6.45, 7) is -2.16. The summed E-state index contributed by atoms with van der Waals surface area (Å²) in [4.78, 5) is 7.64.